The molecule has 3 aromatic heterocycles. The first-order chi connectivity index (χ1) is 12.8. The SMILES string of the molecule is Cc1cncc(CN(C)C2CN(c3ccc4nnc(C(C)(C)C)n4n3)C2)n1. The maximum absolute atomic E-state index is 4.79. The van der Waals surface area contributed by atoms with Gasteiger partial charge >= 0.3 is 0 Å². The van der Waals surface area contributed by atoms with Gasteiger partial charge in [-0.2, -0.15) is 4.52 Å². The van der Waals surface area contributed by atoms with E-state index in [4.69, 9.17) is 5.10 Å². The van der Waals surface area contributed by atoms with Crippen LogP contribution in [0.4, 0.5) is 5.82 Å². The van der Waals surface area contributed by atoms with Crippen molar-refractivity contribution in [1.82, 2.24) is 34.7 Å². The van der Waals surface area contributed by atoms with Crippen LogP contribution in [0, 0.1) is 6.92 Å². The summed E-state index contributed by atoms with van der Waals surface area (Å²) in [5.74, 6) is 1.85. The number of fused-ring (bicyclic) bond motifs is 1. The Morgan fingerprint density at radius 1 is 1.15 bits per heavy atom. The number of hydrogen-bond acceptors (Lipinski definition) is 7. The molecule has 1 aliphatic rings. The second kappa shape index (κ2) is 6.53. The van der Waals surface area contributed by atoms with E-state index in [9.17, 15) is 0 Å². The number of nitrogens with zero attached hydrogens (tertiary/aromatic N) is 8. The van der Waals surface area contributed by atoms with Gasteiger partial charge in [0.25, 0.3) is 0 Å². The highest BCUT2D eigenvalue weighted by Crippen LogP contribution is 2.25. The molecule has 1 saturated heterocycles. The summed E-state index contributed by atoms with van der Waals surface area (Å²) >= 11 is 0. The Kier molecular flexibility index (Phi) is 4.30. The molecule has 4 heterocycles. The molecule has 0 saturated carbocycles. The molecular weight excluding hydrogens is 340 g/mol. The molecule has 142 valence electrons. The molecule has 1 aliphatic heterocycles. The molecule has 0 aliphatic carbocycles. The second-order valence-electron chi connectivity index (χ2n) is 8.36. The summed E-state index contributed by atoms with van der Waals surface area (Å²) in [7, 11) is 2.14. The van der Waals surface area contributed by atoms with Crippen molar-refractivity contribution < 1.29 is 0 Å². The van der Waals surface area contributed by atoms with Crippen molar-refractivity contribution >= 4 is 11.5 Å². The molecule has 8 nitrogen and oxygen atoms in total. The second-order valence-corrected chi connectivity index (χ2v) is 8.36. The van der Waals surface area contributed by atoms with Gasteiger partial charge in [0.15, 0.2) is 11.5 Å². The van der Waals surface area contributed by atoms with Crippen molar-refractivity contribution in [3.05, 3.63) is 41.7 Å². The zero-order valence-corrected chi connectivity index (χ0v) is 16.6. The van der Waals surface area contributed by atoms with Gasteiger partial charge < -0.3 is 4.90 Å². The van der Waals surface area contributed by atoms with Gasteiger partial charge in [0.1, 0.15) is 5.82 Å². The van der Waals surface area contributed by atoms with Gasteiger partial charge in [0.2, 0.25) is 0 Å². The fourth-order valence-electron chi connectivity index (χ4n) is 3.31. The van der Waals surface area contributed by atoms with Crippen molar-refractivity contribution in [2.24, 2.45) is 0 Å². The van der Waals surface area contributed by atoms with Gasteiger partial charge in [0.05, 0.1) is 11.4 Å². The minimum atomic E-state index is -0.0996. The van der Waals surface area contributed by atoms with Crippen molar-refractivity contribution in [3.8, 4) is 0 Å². The van der Waals surface area contributed by atoms with E-state index in [2.05, 4.69) is 57.8 Å². The fraction of sp³-hybridized carbons (Fsp3) is 0.526. The first-order valence-corrected chi connectivity index (χ1v) is 9.27. The Hall–Kier alpha value is -2.61. The average Bonchev–Trinajstić information content (AvgIpc) is 2.97. The average molecular weight is 366 g/mol. The van der Waals surface area contributed by atoms with Crippen LogP contribution < -0.4 is 4.90 Å². The van der Waals surface area contributed by atoms with Crippen LogP contribution in [0.5, 0.6) is 0 Å². The van der Waals surface area contributed by atoms with E-state index in [1.165, 1.54) is 0 Å². The summed E-state index contributed by atoms with van der Waals surface area (Å²) < 4.78 is 1.87. The molecular formula is C19H26N8. The molecule has 0 bridgehead atoms. The van der Waals surface area contributed by atoms with E-state index in [1.54, 1.807) is 6.20 Å². The normalized spacial score (nSPS) is 15.6. The van der Waals surface area contributed by atoms with Crippen LogP contribution in [0.3, 0.4) is 0 Å². The molecule has 1 fully saturated rings. The van der Waals surface area contributed by atoms with E-state index >= 15 is 0 Å². The van der Waals surface area contributed by atoms with Gasteiger partial charge in [-0.3, -0.25) is 14.9 Å². The summed E-state index contributed by atoms with van der Waals surface area (Å²) in [6, 6.07) is 4.50. The highest BCUT2D eigenvalue weighted by Gasteiger charge is 2.32. The molecule has 0 N–H and O–H groups in total. The van der Waals surface area contributed by atoms with Gasteiger partial charge in [-0.25, -0.2) is 0 Å². The molecule has 27 heavy (non-hydrogen) atoms. The topological polar surface area (TPSA) is 75.3 Å². The van der Waals surface area contributed by atoms with Gasteiger partial charge in [0, 0.05) is 43.5 Å². The minimum absolute atomic E-state index is 0.0996. The van der Waals surface area contributed by atoms with Gasteiger partial charge in [-0.15, -0.1) is 15.3 Å². The van der Waals surface area contributed by atoms with Crippen LogP contribution in [0.2, 0.25) is 0 Å². The Morgan fingerprint density at radius 2 is 1.93 bits per heavy atom. The molecule has 3 aromatic rings. The molecule has 8 heteroatoms. The zero-order chi connectivity index (χ0) is 19.2. The van der Waals surface area contributed by atoms with Crippen LogP contribution in [-0.2, 0) is 12.0 Å². The largest absolute Gasteiger partial charge is 0.352 e. The third kappa shape index (κ3) is 3.49. The first kappa shape index (κ1) is 17.8. The Bertz CT molecular complexity index is 952. The summed E-state index contributed by atoms with van der Waals surface area (Å²) in [6.07, 6.45) is 3.63. The van der Waals surface area contributed by atoms with E-state index in [1.807, 2.05) is 29.8 Å². The maximum atomic E-state index is 4.79. The molecule has 0 amide bonds. The zero-order valence-electron chi connectivity index (χ0n) is 16.6. The van der Waals surface area contributed by atoms with Crippen molar-refractivity contribution in [2.75, 3.05) is 25.0 Å². The van der Waals surface area contributed by atoms with Crippen LogP contribution in [0.15, 0.2) is 24.5 Å². The Morgan fingerprint density at radius 3 is 2.63 bits per heavy atom. The first-order valence-electron chi connectivity index (χ1n) is 9.27. The number of aromatic nitrogens is 6. The standard InChI is InChI=1S/C19H26N8/c1-13-8-20-9-14(21-13)10-25(5)15-11-26(12-15)17-7-6-16-22-23-18(19(2,3)4)27(16)24-17/h6-9,15H,10-12H2,1-5H3. The Labute approximate surface area is 159 Å². The summed E-state index contributed by atoms with van der Waals surface area (Å²) in [5.41, 5.74) is 2.65. The molecule has 0 spiro atoms. The fourth-order valence-corrected chi connectivity index (χ4v) is 3.31. The van der Waals surface area contributed by atoms with E-state index in [0.717, 1.165) is 48.3 Å². The molecule has 0 aromatic carbocycles. The predicted molar refractivity (Wildman–Crippen MR) is 104 cm³/mol. The number of rotatable bonds is 4. The number of aryl methyl sites for hydroxylation is 1. The van der Waals surface area contributed by atoms with Gasteiger partial charge in [-0.05, 0) is 26.1 Å². The molecule has 0 atom stereocenters. The van der Waals surface area contributed by atoms with Crippen LogP contribution >= 0.6 is 0 Å². The van der Waals surface area contributed by atoms with E-state index < -0.39 is 0 Å². The lowest BCUT2D eigenvalue weighted by molar-refractivity contribution is 0.194. The molecule has 0 radical (unpaired) electrons. The van der Waals surface area contributed by atoms with Crippen molar-refractivity contribution in [1.29, 1.82) is 0 Å². The Balaban J connectivity index is 1.44. The smallest absolute Gasteiger partial charge is 0.178 e. The summed E-state index contributed by atoms with van der Waals surface area (Å²) in [5, 5.41) is 13.3. The van der Waals surface area contributed by atoms with Crippen LogP contribution in [0.25, 0.3) is 5.65 Å². The van der Waals surface area contributed by atoms with Crippen LogP contribution in [0.1, 0.15) is 38.0 Å². The summed E-state index contributed by atoms with van der Waals surface area (Å²) in [4.78, 5) is 13.4. The number of anilines is 1. The van der Waals surface area contributed by atoms with Gasteiger partial charge in [-0.1, -0.05) is 20.8 Å². The van der Waals surface area contributed by atoms with Crippen LogP contribution in [-0.4, -0.2) is 60.9 Å². The number of hydrogen-bond donors (Lipinski definition) is 0. The highest BCUT2D eigenvalue weighted by molar-refractivity contribution is 5.48. The quantitative estimate of drug-likeness (QED) is 0.697. The number of likely N-dealkylation sites (N-methyl/N-ethyl adjacent to an activating group) is 1. The monoisotopic (exact) mass is 366 g/mol. The maximum Gasteiger partial charge on any atom is 0.178 e. The lowest BCUT2D eigenvalue weighted by Crippen LogP contribution is -2.58. The molecule has 4 rings (SSSR count). The lowest BCUT2D eigenvalue weighted by Gasteiger charge is -2.44. The minimum Gasteiger partial charge on any atom is -0.352 e. The lowest BCUT2D eigenvalue weighted by atomic mass is 9.96. The third-order valence-corrected chi connectivity index (χ3v) is 4.95. The molecule has 0 unspecified atom stereocenters. The summed E-state index contributed by atoms with van der Waals surface area (Å²) in [6.45, 7) is 11.0. The van der Waals surface area contributed by atoms with Crippen molar-refractivity contribution in [2.45, 2.75) is 45.7 Å². The van der Waals surface area contributed by atoms with E-state index in [0.29, 0.717) is 6.04 Å². The predicted octanol–water partition coefficient (Wildman–Crippen LogP) is 1.84. The highest BCUT2D eigenvalue weighted by atomic mass is 15.4. The van der Waals surface area contributed by atoms with E-state index in [-0.39, 0.29) is 5.41 Å². The van der Waals surface area contributed by atoms with Crippen molar-refractivity contribution in [3.63, 3.8) is 0 Å². The third-order valence-electron chi connectivity index (χ3n) is 4.95.